The van der Waals surface area contributed by atoms with Crippen molar-refractivity contribution < 1.29 is 4.79 Å². The summed E-state index contributed by atoms with van der Waals surface area (Å²) in [4.78, 5) is 33.9. The van der Waals surface area contributed by atoms with Crippen LogP contribution >= 0.6 is 0 Å². The first-order chi connectivity index (χ1) is 15.9. The molecule has 0 N–H and O–H groups in total. The number of para-hydroxylation sites is 2. The maximum absolute atomic E-state index is 13.7. The molecule has 0 aliphatic heterocycles. The van der Waals surface area contributed by atoms with Crippen molar-refractivity contribution in [3.05, 3.63) is 106 Å². The molecule has 0 saturated heterocycles. The number of rotatable bonds is 6. The molecule has 1 aromatic heterocycles. The van der Waals surface area contributed by atoms with E-state index in [2.05, 4.69) is 0 Å². The number of carbonyl (C=O) groups is 1. The molecule has 0 spiro atoms. The Kier molecular flexibility index (Phi) is 6.40. The Morgan fingerprint density at radius 1 is 0.970 bits per heavy atom. The van der Waals surface area contributed by atoms with Crippen LogP contribution in [0, 0.1) is 13.8 Å². The van der Waals surface area contributed by atoms with Gasteiger partial charge in [-0.15, -0.1) is 0 Å². The van der Waals surface area contributed by atoms with Gasteiger partial charge in [0.15, 0.2) is 0 Å². The fourth-order valence-electron chi connectivity index (χ4n) is 4.19. The van der Waals surface area contributed by atoms with E-state index in [1.54, 1.807) is 10.6 Å². The minimum Gasteiger partial charge on any atom is -0.329 e. The van der Waals surface area contributed by atoms with E-state index < -0.39 is 6.04 Å². The molecule has 0 fully saturated rings. The topological polar surface area (TPSA) is 55.2 Å². The molecule has 0 aliphatic carbocycles. The predicted octanol–water partition coefficient (Wildman–Crippen LogP) is 5.62. The highest BCUT2D eigenvalue weighted by Crippen LogP contribution is 2.26. The Bertz CT molecular complexity index is 1360. The molecule has 1 atom stereocenters. The Hall–Kier alpha value is -3.73. The van der Waals surface area contributed by atoms with Crippen molar-refractivity contribution in [3.8, 4) is 5.69 Å². The Labute approximate surface area is 194 Å². The van der Waals surface area contributed by atoms with E-state index in [1.165, 1.54) is 0 Å². The van der Waals surface area contributed by atoms with Crippen molar-refractivity contribution in [1.29, 1.82) is 0 Å². The Balaban J connectivity index is 1.92. The van der Waals surface area contributed by atoms with E-state index in [0.717, 1.165) is 23.2 Å². The summed E-state index contributed by atoms with van der Waals surface area (Å²) in [7, 11) is 0. The third-order valence-electron chi connectivity index (χ3n) is 6.02. The molecule has 168 valence electrons. The highest BCUT2D eigenvalue weighted by Gasteiger charge is 2.27. The minimum atomic E-state index is -0.407. The van der Waals surface area contributed by atoms with Crippen LogP contribution in [-0.4, -0.2) is 26.9 Å². The van der Waals surface area contributed by atoms with Gasteiger partial charge in [-0.3, -0.25) is 14.2 Å². The van der Waals surface area contributed by atoms with Gasteiger partial charge in [0, 0.05) is 12.1 Å². The van der Waals surface area contributed by atoms with Crippen LogP contribution in [0.25, 0.3) is 16.6 Å². The fourth-order valence-corrected chi connectivity index (χ4v) is 4.19. The SMILES string of the molecule is CCCN(C(=O)c1ccc(C)cc1)C(C)c1nc2ccccc2c(=O)n1-c1ccccc1C. The third-order valence-corrected chi connectivity index (χ3v) is 6.02. The zero-order valence-electron chi connectivity index (χ0n) is 19.6. The first-order valence-corrected chi connectivity index (χ1v) is 11.4. The number of hydrogen-bond acceptors (Lipinski definition) is 3. The van der Waals surface area contributed by atoms with E-state index in [9.17, 15) is 9.59 Å². The molecule has 1 unspecified atom stereocenters. The number of aryl methyl sites for hydroxylation is 2. The van der Waals surface area contributed by atoms with Crippen LogP contribution in [0.1, 0.15) is 53.6 Å². The van der Waals surface area contributed by atoms with E-state index in [-0.39, 0.29) is 11.5 Å². The summed E-state index contributed by atoms with van der Waals surface area (Å²) in [6, 6.07) is 22.3. The van der Waals surface area contributed by atoms with Crippen LogP contribution < -0.4 is 5.56 Å². The molecule has 3 aromatic carbocycles. The quantitative estimate of drug-likeness (QED) is 0.392. The molecule has 0 radical (unpaired) electrons. The summed E-state index contributed by atoms with van der Waals surface area (Å²) < 4.78 is 1.67. The van der Waals surface area contributed by atoms with Gasteiger partial charge >= 0.3 is 0 Å². The summed E-state index contributed by atoms with van der Waals surface area (Å²) >= 11 is 0. The molecule has 1 amide bonds. The van der Waals surface area contributed by atoms with Gasteiger partial charge in [0.1, 0.15) is 5.82 Å². The lowest BCUT2D eigenvalue weighted by Gasteiger charge is -2.30. The zero-order chi connectivity index (χ0) is 23.5. The van der Waals surface area contributed by atoms with Crippen molar-refractivity contribution in [1.82, 2.24) is 14.5 Å². The molecule has 4 rings (SSSR count). The molecule has 4 aromatic rings. The molecule has 33 heavy (non-hydrogen) atoms. The van der Waals surface area contributed by atoms with Gasteiger partial charge in [-0.25, -0.2) is 4.98 Å². The van der Waals surface area contributed by atoms with Crippen molar-refractivity contribution in [2.45, 2.75) is 40.2 Å². The van der Waals surface area contributed by atoms with Gasteiger partial charge < -0.3 is 4.90 Å². The van der Waals surface area contributed by atoms with Crippen LogP contribution in [0.2, 0.25) is 0 Å². The molecular formula is C28H29N3O2. The molecule has 5 nitrogen and oxygen atoms in total. The van der Waals surface area contributed by atoms with E-state index in [1.807, 2.05) is 99.3 Å². The number of hydrogen-bond donors (Lipinski definition) is 0. The summed E-state index contributed by atoms with van der Waals surface area (Å²) in [6.45, 7) is 8.54. The van der Waals surface area contributed by atoms with Crippen molar-refractivity contribution in [2.75, 3.05) is 6.54 Å². The fraction of sp³-hybridized carbons (Fsp3) is 0.250. The Morgan fingerprint density at radius 3 is 2.33 bits per heavy atom. The van der Waals surface area contributed by atoms with Gasteiger partial charge in [-0.1, -0.05) is 55.0 Å². The lowest BCUT2D eigenvalue weighted by molar-refractivity contribution is 0.0681. The van der Waals surface area contributed by atoms with E-state index in [4.69, 9.17) is 4.98 Å². The summed E-state index contributed by atoms with van der Waals surface area (Å²) in [5.74, 6) is 0.491. The highest BCUT2D eigenvalue weighted by molar-refractivity contribution is 5.94. The molecule has 0 saturated carbocycles. The number of benzene rings is 3. The average molecular weight is 440 g/mol. The lowest BCUT2D eigenvalue weighted by atomic mass is 10.1. The molecule has 0 aliphatic rings. The van der Waals surface area contributed by atoms with Crippen LogP contribution in [0.4, 0.5) is 0 Å². The molecule has 5 heteroatoms. The molecule has 0 bridgehead atoms. The predicted molar refractivity (Wildman–Crippen MR) is 133 cm³/mol. The number of carbonyl (C=O) groups excluding carboxylic acids is 1. The van der Waals surface area contributed by atoms with Gasteiger partial charge in [0.25, 0.3) is 11.5 Å². The number of amides is 1. The van der Waals surface area contributed by atoms with E-state index >= 15 is 0 Å². The van der Waals surface area contributed by atoms with Crippen LogP contribution in [-0.2, 0) is 0 Å². The molecule has 1 heterocycles. The number of fused-ring (bicyclic) bond motifs is 1. The first kappa shape index (κ1) is 22.5. The number of nitrogens with zero attached hydrogens (tertiary/aromatic N) is 3. The largest absolute Gasteiger partial charge is 0.329 e. The standard InChI is InChI=1S/C28H29N3O2/c1-5-18-30(27(32)22-16-14-19(2)15-17-22)21(4)26-29-24-12-8-7-11-23(24)28(33)31(26)25-13-9-6-10-20(25)3/h6-17,21H,5,18H2,1-4H3. The minimum absolute atomic E-state index is 0.0666. The van der Waals surface area contributed by atoms with Gasteiger partial charge in [0.2, 0.25) is 0 Å². The van der Waals surface area contributed by atoms with Gasteiger partial charge in [0.05, 0.1) is 22.6 Å². The first-order valence-electron chi connectivity index (χ1n) is 11.4. The summed E-state index contributed by atoms with van der Waals surface area (Å²) in [5, 5.41) is 0.559. The summed E-state index contributed by atoms with van der Waals surface area (Å²) in [5.41, 5.74) is 3.99. The summed E-state index contributed by atoms with van der Waals surface area (Å²) in [6.07, 6.45) is 0.796. The lowest BCUT2D eigenvalue weighted by Crippen LogP contribution is -2.38. The third kappa shape index (κ3) is 4.31. The second-order valence-electron chi connectivity index (χ2n) is 8.45. The van der Waals surface area contributed by atoms with Crippen molar-refractivity contribution in [3.63, 3.8) is 0 Å². The monoisotopic (exact) mass is 439 g/mol. The van der Waals surface area contributed by atoms with Crippen molar-refractivity contribution >= 4 is 16.8 Å². The second-order valence-corrected chi connectivity index (χ2v) is 8.45. The van der Waals surface area contributed by atoms with E-state index in [0.29, 0.717) is 28.8 Å². The van der Waals surface area contributed by atoms with Gasteiger partial charge in [-0.05, 0) is 63.1 Å². The second kappa shape index (κ2) is 9.41. The number of aromatic nitrogens is 2. The Morgan fingerprint density at radius 2 is 1.64 bits per heavy atom. The smallest absolute Gasteiger partial charge is 0.266 e. The van der Waals surface area contributed by atoms with Crippen LogP contribution in [0.5, 0.6) is 0 Å². The maximum Gasteiger partial charge on any atom is 0.266 e. The molecular weight excluding hydrogens is 410 g/mol. The normalized spacial score (nSPS) is 12.0. The van der Waals surface area contributed by atoms with Crippen LogP contribution in [0.3, 0.4) is 0 Å². The van der Waals surface area contributed by atoms with Gasteiger partial charge in [-0.2, -0.15) is 0 Å². The van der Waals surface area contributed by atoms with Crippen LogP contribution in [0.15, 0.2) is 77.6 Å². The van der Waals surface area contributed by atoms with Crippen molar-refractivity contribution in [2.24, 2.45) is 0 Å². The highest BCUT2D eigenvalue weighted by atomic mass is 16.2. The average Bonchev–Trinajstić information content (AvgIpc) is 2.83. The zero-order valence-corrected chi connectivity index (χ0v) is 19.6. The maximum atomic E-state index is 13.7.